The third-order valence-electron chi connectivity index (χ3n) is 2.78. The molecule has 1 aromatic heterocycles. The fourth-order valence-corrected chi connectivity index (χ4v) is 1.87. The Balaban J connectivity index is 2.39. The molecule has 0 aliphatic rings. The number of aromatic nitrogens is 1. The Bertz CT molecular complexity index is 492. The Morgan fingerprint density at radius 3 is 2.62 bits per heavy atom. The molecule has 2 heteroatoms. The molecular formula is C14H16N2. The number of nitrogens with zero attached hydrogens (tertiary/aromatic N) is 1. The minimum absolute atomic E-state index is 0.0893. The highest BCUT2D eigenvalue weighted by Gasteiger charge is 2.11. The SMILES string of the molecule is Cc1cccc(C(N)c2cccnc2C)c1. The zero-order valence-corrected chi connectivity index (χ0v) is 9.64. The molecule has 0 aliphatic heterocycles. The normalized spacial score (nSPS) is 12.4. The van der Waals surface area contributed by atoms with Gasteiger partial charge in [0.15, 0.2) is 0 Å². The highest BCUT2D eigenvalue weighted by Crippen LogP contribution is 2.21. The molecular weight excluding hydrogens is 196 g/mol. The first kappa shape index (κ1) is 10.8. The zero-order chi connectivity index (χ0) is 11.5. The van der Waals surface area contributed by atoms with Crippen molar-refractivity contribution in [3.05, 3.63) is 65.0 Å². The fourth-order valence-electron chi connectivity index (χ4n) is 1.87. The van der Waals surface area contributed by atoms with Crippen LogP contribution in [-0.2, 0) is 0 Å². The number of hydrogen-bond donors (Lipinski definition) is 1. The van der Waals surface area contributed by atoms with Crippen LogP contribution in [0.15, 0.2) is 42.6 Å². The summed E-state index contributed by atoms with van der Waals surface area (Å²) < 4.78 is 0. The minimum Gasteiger partial charge on any atom is -0.320 e. The summed E-state index contributed by atoms with van der Waals surface area (Å²) in [5.41, 5.74) is 10.7. The van der Waals surface area contributed by atoms with Crippen LogP contribution in [0.5, 0.6) is 0 Å². The number of aryl methyl sites for hydroxylation is 2. The Kier molecular flexibility index (Phi) is 3.02. The molecule has 1 atom stereocenters. The molecule has 82 valence electrons. The van der Waals surface area contributed by atoms with Gasteiger partial charge in [-0.15, -0.1) is 0 Å². The molecule has 1 heterocycles. The van der Waals surface area contributed by atoms with Crippen molar-refractivity contribution in [3.8, 4) is 0 Å². The van der Waals surface area contributed by atoms with Crippen molar-refractivity contribution in [2.75, 3.05) is 0 Å². The fraction of sp³-hybridized carbons (Fsp3) is 0.214. The Morgan fingerprint density at radius 1 is 1.12 bits per heavy atom. The smallest absolute Gasteiger partial charge is 0.0569 e. The van der Waals surface area contributed by atoms with E-state index in [2.05, 4.69) is 30.1 Å². The molecule has 0 spiro atoms. The van der Waals surface area contributed by atoms with Crippen LogP contribution in [0, 0.1) is 13.8 Å². The summed E-state index contributed by atoms with van der Waals surface area (Å²) in [6, 6.07) is 12.2. The number of pyridine rings is 1. The Labute approximate surface area is 96.1 Å². The summed E-state index contributed by atoms with van der Waals surface area (Å²) in [6.07, 6.45) is 1.79. The van der Waals surface area contributed by atoms with E-state index in [0.717, 1.165) is 16.8 Å². The van der Waals surface area contributed by atoms with Crippen LogP contribution < -0.4 is 5.73 Å². The number of nitrogens with two attached hydrogens (primary N) is 1. The Hall–Kier alpha value is -1.67. The topological polar surface area (TPSA) is 38.9 Å². The second kappa shape index (κ2) is 4.45. The van der Waals surface area contributed by atoms with Gasteiger partial charge in [0.2, 0.25) is 0 Å². The summed E-state index contributed by atoms with van der Waals surface area (Å²) in [5, 5.41) is 0. The average molecular weight is 212 g/mol. The van der Waals surface area contributed by atoms with Gasteiger partial charge >= 0.3 is 0 Å². The summed E-state index contributed by atoms with van der Waals surface area (Å²) in [5.74, 6) is 0. The molecule has 0 saturated heterocycles. The highest BCUT2D eigenvalue weighted by molar-refractivity contribution is 5.34. The average Bonchev–Trinajstić information content (AvgIpc) is 2.29. The first-order valence-electron chi connectivity index (χ1n) is 5.42. The van der Waals surface area contributed by atoms with E-state index in [1.54, 1.807) is 6.20 Å². The number of benzene rings is 1. The molecule has 16 heavy (non-hydrogen) atoms. The third-order valence-corrected chi connectivity index (χ3v) is 2.78. The molecule has 0 aliphatic carbocycles. The van der Waals surface area contributed by atoms with Crippen molar-refractivity contribution in [2.24, 2.45) is 5.73 Å². The summed E-state index contributed by atoms with van der Waals surface area (Å²) >= 11 is 0. The molecule has 2 rings (SSSR count). The van der Waals surface area contributed by atoms with Crippen LogP contribution in [0.1, 0.15) is 28.4 Å². The van der Waals surface area contributed by atoms with E-state index in [1.807, 2.05) is 25.1 Å². The van der Waals surface area contributed by atoms with Crippen molar-refractivity contribution in [1.82, 2.24) is 4.98 Å². The predicted molar refractivity (Wildman–Crippen MR) is 66.2 cm³/mol. The summed E-state index contributed by atoms with van der Waals surface area (Å²) in [7, 11) is 0. The maximum absolute atomic E-state index is 6.25. The van der Waals surface area contributed by atoms with Gasteiger partial charge in [0.25, 0.3) is 0 Å². The maximum atomic E-state index is 6.25. The van der Waals surface area contributed by atoms with Crippen LogP contribution in [0.25, 0.3) is 0 Å². The largest absolute Gasteiger partial charge is 0.320 e. The number of hydrogen-bond acceptors (Lipinski definition) is 2. The van der Waals surface area contributed by atoms with E-state index in [4.69, 9.17) is 5.73 Å². The van der Waals surface area contributed by atoms with Gasteiger partial charge in [-0.1, -0.05) is 35.9 Å². The Morgan fingerprint density at radius 2 is 1.94 bits per heavy atom. The van der Waals surface area contributed by atoms with E-state index in [-0.39, 0.29) is 6.04 Å². The summed E-state index contributed by atoms with van der Waals surface area (Å²) in [4.78, 5) is 4.27. The van der Waals surface area contributed by atoms with Crippen LogP contribution in [0.2, 0.25) is 0 Å². The van der Waals surface area contributed by atoms with Gasteiger partial charge < -0.3 is 5.73 Å². The van der Waals surface area contributed by atoms with Crippen molar-refractivity contribution in [2.45, 2.75) is 19.9 Å². The molecule has 1 unspecified atom stereocenters. The van der Waals surface area contributed by atoms with E-state index in [1.165, 1.54) is 5.56 Å². The maximum Gasteiger partial charge on any atom is 0.0569 e. The zero-order valence-electron chi connectivity index (χ0n) is 9.64. The van der Waals surface area contributed by atoms with Gasteiger partial charge in [-0.05, 0) is 31.0 Å². The predicted octanol–water partition coefficient (Wildman–Crippen LogP) is 2.75. The van der Waals surface area contributed by atoms with E-state index >= 15 is 0 Å². The first-order valence-corrected chi connectivity index (χ1v) is 5.42. The van der Waals surface area contributed by atoms with Gasteiger partial charge in [0, 0.05) is 11.9 Å². The van der Waals surface area contributed by atoms with E-state index in [0.29, 0.717) is 0 Å². The molecule has 0 amide bonds. The lowest BCUT2D eigenvalue weighted by molar-refractivity contribution is 0.847. The second-order valence-corrected chi connectivity index (χ2v) is 4.07. The molecule has 0 saturated carbocycles. The molecule has 0 bridgehead atoms. The lowest BCUT2D eigenvalue weighted by atomic mass is 9.97. The van der Waals surface area contributed by atoms with Gasteiger partial charge in [0.1, 0.15) is 0 Å². The van der Waals surface area contributed by atoms with Crippen molar-refractivity contribution >= 4 is 0 Å². The second-order valence-electron chi connectivity index (χ2n) is 4.07. The lowest BCUT2D eigenvalue weighted by Gasteiger charge is -2.14. The molecule has 1 aromatic carbocycles. The highest BCUT2D eigenvalue weighted by atomic mass is 14.7. The third kappa shape index (κ3) is 2.12. The van der Waals surface area contributed by atoms with Crippen molar-refractivity contribution in [1.29, 1.82) is 0 Å². The molecule has 2 nitrogen and oxygen atoms in total. The van der Waals surface area contributed by atoms with Crippen molar-refractivity contribution < 1.29 is 0 Å². The minimum atomic E-state index is -0.0893. The van der Waals surface area contributed by atoms with Crippen LogP contribution in [0.4, 0.5) is 0 Å². The van der Waals surface area contributed by atoms with Gasteiger partial charge in [-0.3, -0.25) is 4.98 Å². The first-order chi connectivity index (χ1) is 7.68. The van der Waals surface area contributed by atoms with Crippen LogP contribution in [-0.4, -0.2) is 4.98 Å². The van der Waals surface area contributed by atoms with Crippen LogP contribution in [0.3, 0.4) is 0 Å². The standard InChI is InChI=1S/C14H16N2/c1-10-5-3-6-12(9-10)14(15)13-7-4-8-16-11(13)2/h3-9,14H,15H2,1-2H3. The summed E-state index contributed by atoms with van der Waals surface area (Å²) in [6.45, 7) is 4.07. The monoisotopic (exact) mass is 212 g/mol. The van der Waals surface area contributed by atoms with Crippen molar-refractivity contribution in [3.63, 3.8) is 0 Å². The van der Waals surface area contributed by atoms with Crippen LogP contribution >= 0.6 is 0 Å². The van der Waals surface area contributed by atoms with E-state index in [9.17, 15) is 0 Å². The molecule has 2 N–H and O–H groups in total. The quantitative estimate of drug-likeness (QED) is 0.831. The molecule has 0 fully saturated rings. The number of rotatable bonds is 2. The van der Waals surface area contributed by atoms with E-state index < -0.39 is 0 Å². The molecule has 2 aromatic rings. The van der Waals surface area contributed by atoms with Gasteiger partial charge in [0.05, 0.1) is 6.04 Å². The van der Waals surface area contributed by atoms with Gasteiger partial charge in [-0.2, -0.15) is 0 Å². The molecule has 0 radical (unpaired) electrons. The van der Waals surface area contributed by atoms with Gasteiger partial charge in [-0.25, -0.2) is 0 Å². The lowest BCUT2D eigenvalue weighted by Crippen LogP contribution is -2.13.